The number of aliphatic hydroxyl groups excluding tert-OH is 3. The highest BCUT2D eigenvalue weighted by molar-refractivity contribution is 5.39. The zero-order valence-corrected chi connectivity index (χ0v) is 43.9. The number of hydrogen-bond donors (Lipinski definition) is 3. The van der Waals surface area contributed by atoms with Crippen LogP contribution in [0.2, 0.25) is 0 Å². The third-order valence-corrected chi connectivity index (χ3v) is 24.8. The predicted octanol–water partition coefficient (Wildman–Crippen LogP) is 14.6. The van der Waals surface area contributed by atoms with E-state index in [9.17, 15) is 15.3 Å². The second kappa shape index (κ2) is 15.8. The number of hydrogen-bond acceptors (Lipinski definition) is 4. The van der Waals surface area contributed by atoms with Crippen molar-refractivity contribution in [2.75, 3.05) is 6.61 Å². The molecule has 4 heteroatoms. The Hall–Kier alpha value is -0.940. The lowest BCUT2D eigenvalue weighted by molar-refractivity contribution is -0.250. The maximum absolute atomic E-state index is 11.7. The van der Waals surface area contributed by atoms with Crippen molar-refractivity contribution in [2.45, 2.75) is 243 Å². The molecule has 0 radical (unpaired) electrons. The van der Waals surface area contributed by atoms with E-state index in [2.05, 4.69) is 109 Å². The first-order chi connectivity index (χ1) is 29.8. The van der Waals surface area contributed by atoms with Gasteiger partial charge < -0.3 is 20.1 Å². The van der Waals surface area contributed by atoms with Crippen LogP contribution in [0.15, 0.2) is 34.4 Å². The van der Waals surface area contributed by atoms with Gasteiger partial charge in [-0.15, -0.1) is 0 Å². The largest absolute Gasteiger partial charge is 0.393 e. The molecule has 0 aromatic heterocycles. The highest BCUT2D eigenvalue weighted by Crippen LogP contribution is 2.80. The average molecular weight is 883 g/mol. The average Bonchev–Trinajstić information content (AvgIpc) is 3.84. The van der Waals surface area contributed by atoms with Crippen LogP contribution >= 0.6 is 0 Å². The number of rotatable bonds is 5. The van der Waals surface area contributed by atoms with Crippen molar-refractivity contribution >= 4 is 0 Å². The van der Waals surface area contributed by atoms with Gasteiger partial charge in [-0.3, -0.25) is 0 Å². The molecule has 10 rings (SSSR count). The standard InChI is InChI=1S/C30H48O3.C30H50O/c1-18(2)15-19-9-14-30-16-29(17-33-30)20(24(30)25(19)32)7-8-22-27(5)12-11-23(31)26(3,4)21(27)10-13-28(22,29)6;1-20(2)10-9-11-21(3)22-14-18-30(8)24-12-13-25-27(4,5)26(31)16-17-28(25,6)23(24)15-19-29(22,30)7/h15,19-25,31-32H,7-14,16-17H2,1-6H3;10,21-22,25-26,31H,9,11-19H2,1-8H3/t19-,20?,21?,22?,23?,24?,25-,27-,28+,29?,30?;21-,22?,25?,26?,28-,29-,30+/m01/s1. The van der Waals surface area contributed by atoms with E-state index in [4.69, 9.17) is 4.74 Å². The molecule has 64 heavy (non-hydrogen) atoms. The van der Waals surface area contributed by atoms with Gasteiger partial charge in [0.1, 0.15) is 0 Å². The normalized spacial score (nSPS) is 52.0. The van der Waals surface area contributed by atoms with Gasteiger partial charge >= 0.3 is 0 Å². The van der Waals surface area contributed by atoms with Gasteiger partial charge in [0.25, 0.3) is 0 Å². The van der Waals surface area contributed by atoms with Crippen molar-refractivity contribution in [3.8, 4) is 0 Å². The van der Waals surface area contributed by atoms with Gasteiger partial charge in [0.05, 0.1) is 30.5 Å². The van der Waals surface area contributed by atoms with Gasteiger partial charge in [-0.2, -0.15) is 0 Å². The number of fused-ring (bicyclic) bond motifs is 8. The van der Waals surface area contributed by atoms with Crippen LogP contribution < -0.4 is 0 Å². The van der Waals surface area contributed by atoms with Crippen LogP contribution in [0.5, 0.6) is 0 Å². The van der Waals surface area contributed by atoms with Crippen molar-refractivity contribution < 1.29 is 20.1 Å². The van der Waals surface area contributed by atoms with E-state index >= 15 is 0 Å². The van der Waals surface area contributed by atoms with E-state index in [1.165, 1.54) is 107 Å². The fraction of sp³-hybridized carbons (Fsp3) is 0.900. The number of aliphatic hydroxyl groups is 3. The Balaban J connectivity index is 0.000000162. The maximum atomic E-state index is 11.7. The summed E-state index contributed by atoms with van der Waals surface area (Å²) in [5, 5.41) is 33.4. The SMILES string of the molecule is CC(C)=CCC[C@@H](C)C1CC[C@@]2(C)C3=C(CC[C@]12C)[C@@]1(C)CCC(O)C(C)(C)C1CC3.CC(C)=C[C@@H]1CCC23CC4(CO2)C(CCC2[C@@]5(C)CCC(O)C(C)(C)C5CC[C@]24C)C3[C@H]1O. The summed E-state index contributed by atoms with van der Waals surface area (Å²) in [6.07, 6.45) is 27.7. The van der Waals surface area contributed by atoms with Gasteiger partial charge in [-0.25, -0.2) is 0 Å². The summed E-state index contributed by atoms with van der Waals surface area (Å²) in [5.74, 6) is 4.85. The van der Waals surface area contributed by atoms with E-state index in [1.807, 2.05) is 11.1 Å². The first-order valence-corrected chi connectivity index (χ1v) is 27.5. The first kappa shape index (κ1) is 48.1. The molecule has 1 saturated heterocycles. The molecule has 1 heterocycles. The third-order valence-electron chi connectivity index (χ3n) is 24.8. The monoisotopic (exact) mass is 883 g/mol. The fourth-order valence-corrected chi connectivity index (χ4v) is 21.2. The summed E-state index contributed by atoms with van der Waals surface area (Å²) in [6.45, 7) is 34.8. The summed E-state index contributed by atoms with van der Waals surface area (Å²) in [6, 6.07) is 0. The molecule has 18 atom stereocenters. The maximum Gasteiger partial charge on any atom is 0.0745 e. The molecule has 2 bridgehead atoms. The van der Waals surface area contributed by atoms with Gasteiger partial charge in [0.15, 0.2) is 0 Å². The minimum Gasteiger partial charge on any atom is -0.393 e. The van der Waals surface area contributed by atoms with E-state index in [0.717, 1.165) is 44.1 Å². The Bertz CT molecular complexity index is 1900. The number of ether oxygens (including phenoxy) is 1. The summed E-state index contributed by atoms with van der Waals surface area (Å²) in [5.41, 5.74) is 8.50. The summed E-state index contributed by atoms with van der Waals surface area (Å²) in [7, 11) is 0. The van der Waals surface area contributed by atoms with E-state index in [0.29, 0.717) is 57.2 Å². The van der Waals surface area contributed by atoms with Crippen molar-refractivity contribution in [2.24, 2.45) is 90.7 Å². The molecule has 9 aliphatic carbocycles. The Morgan fingerprint density at radius 2 is 1.34 bits per heavy atom. The van der Waals surface area contributed by atoms with Crippen LogP contribution in [-0.4, -0.2) is 45.8 Å². The molecule has 2 spiro atoms. The second-order valence-corrected chi connectivity index (χ2v) is 28.3. The topological polar surface area (TPSA) is 69.9 Å². The van der Waals surface area contributed by atoms with Crippen molar-refractivity contribution in [3.05, 3.63) is 34.4 Å². The predicted molar refractivity (Wildman–Crippen MR) is 264 cm³/mol. The highest BCUT2D eigenvalue weighted by Gasteiger charge is 2.78. The summed E-state index contributed by atoms with van der Waals surface area (Å²) in [4.78, 5) is 0. The van der Waals surface area contributed by atoms with Crippen LogP contribution in [0, 0.1) is 90.7 Å². The molecule has 7 saturated carbocycles. The molecule has 362 valence electrons. The molecule has 10 aliphatic rings. The Morgan fingerprint density at radius 3 is 2.03 bits per heavy atom. The van der Waals surface area contributed by atoms with Gasteiger partial charge in [-0.1, -0.05) is 104 Å². The molecule has 1 aliphatic heterocycles. The van der Waals surface area contributed by atoms with E-state index < -0.39 is 0 Å². The van der Waals surface area contributed by atoms with Crippen LogP contribution in [0.1, 0.15) is 219 Å². The number of allylic oxidation sites excluding steroid dienone is 5. The fourth-order valence-electron chi connectivity index (χ4n) is 21.2. The summed E-state index contributed by atoms with van der Waals surface area (Å²) >= 11 is 0. The van der Waals surface area contributed by atoms with Crippen LogP contribution in [0.25, 0.3) is 0 Å². The smallest absolute Gasteiger partial charge is 0.0745 e. The quantitative estimate of drug-likeness (QED) is 0.241. The second-order valence-electron chi connectivity index (χ2n) is 28.3. The lowest BCUT2D eigenvalue weighted by Gasteiger charge is -2.70. The minimum atomic E-state index is -0.253. The highest BCUT2D eigenvalue weighted by atomic mass is 16.5. The Labute approximate surface area is 393 Å². The van der Waals surface area contributed by atoms with Crippen molar-refractivity contribution in [3.63, 3.8) is 0 Å². The lowest BCUT2D eigenvalue weighted by atomic mass is 9.35. The molecule has 3 N–H and O–H groups in total. The molecule has 0 aromatic carbocycles. The Kier molecular flexibility index (Phi) is 11.9. The molecule has 10 unspecified atom stereocenters. The molecular weight excluding hydrogens is 785 g/mol. The van der Waals surface area contributed by atoms with Gasteiger partial charge in [0.2, 0.25) is 0 Å². The van der Waals surface area contributed by atoms with Crippen LogP contribution in [-0.2, 0) is 4.74 Å². The van der Waals surface area contributed by atoms with Gasteiger partial charge in [-0.05, 0) is 223 Å². The molecule has 8 fully saturated rings. The van der Waals surface area contributed by atoms with Crippen LogP contribution in [0.3, 0.4) is 0 Å². The zero-order chi connectivity index (χ0) is 46.4. The van der Waals surface area contributed by atoms with Crippen molar-refractivity contribution in [1.82, 2.24) is 0 Å². The summed E-state index contributed by atoms with van der Waals surface area (Å²) < 4.78 is 6.85. The molecule has 0 amide bonds. The zero-order valence-electron chi connectivity index (χ0n) is 43.9. The molecular formula is C60H98O4. The minimum absolute atomic E-state index is 0.00761. The lowest BCUT2D eigenvalue weighted by Crippen LogP contribution is -2.66. The van der Waals surface area contributed by atoms with E-state index in [1.54, 1.807) is 0 Å². The first-order valence-electron chi connectivity index (χ1n) is 27.5. The Morgan fingerprint density at radius 1 is 0.656 bits per heavy atom. The van der Waals surface area contributed by atoms with Gasteiger partial charge in [0, 0.05) is 17.3 Å². The third kappa shape index (κ3) is 6.50. The molecule has 4 nitrogen and oxygen atoms in total. The molecule has 0 aromatic rings. The van der Waals surface area contributed by atoms with E-state index in [-0.39, 0.29) is 45.6 Å². The van der Waals surface area contributed by atoms with Crippen LogP contribution in [0.4, 0.5) is 0 Å². The van der Waals surface area contributed by atoms with Crippen molar-refractivity contribution in [1.29, 1.82) is 0 Å².